The number of esters is 2. The lowest BCUT2D eigenvalue weighted by Crippen LogP contribution is -2.28. The second-order valence-corrected chi connectivity index (χ2v) is 18.8. The fraction of sp³-hybridized carbons (Fsp3) is 0.754. The zero-order chi connectivity index (χ0) is 51.2. The normalized spacial score (nSPS) is 12.2. The van der Waals surface area contributed by atoms with E-state index in [1.54, 1.807) is 0 Å². The molecule has 0 saturated heterocycles. The Balaban J connectivity index is 2.34. The molecule has 0 spiro atoms. The second kappa shape index (κ2) is 53.2. The number of pyridine rings is 1. The summed E-state index contributed by atoms with van der Waals surface area (Å²) in [6.45, 7) is 15.4. The van der Waals surface area contributed by atoms with Crippen LogP contribution in [0.15, 0.2) is 73.1 Å². The van der Waals surface area contributed by atoms with Gasteiger partial charge in [-0.2, -0.15) is 0 Å². The minimum atomic E-state index is -0.361. The maximum absolute atomic E-state index is 12.6. The minimum absolute atomic E-state index is 0.161. The standard InChI is InChI=1S/C61H106N2O8/c1-5-9-13-17-25-35-53-68-60(69-54-36-26-18-14-10-6-2)41-39-58(64)66-51-33-29-21-23-31-48-63(50-45-57-43-46-62-47-44-57)49-32-24-22-30-34-52-67-59(65)40-42-61(70-55-37-27-19-15-11-7-3)71-56-38-28-20-16-12-8-4/h9-16,43-44,46-47,60-61H,5-8,17-42,45,48-56H2,1-4H3/b13-9-,14-10-,15-11-,16-12-. The highest BCUT2D eigenvalue weighted by molar-refractivity contribution is 5.69. The summed E-state index contributed by atoms with van der Waals surface area (Å²) in [5.41, 5.74) is 1.33. The molecule has 0 radical (unpaired) electrons. The highest BCUT2D eigenvalue weighted by atomic mass is 16.7. The number of nitrogens with zero attached hydrogens (tertiary/aromatic N) is 2. The fourth-order valence-electron chi connectivity index (χ4n) is 7.98. The van der Waals surface area contributed by atoms with Gasteiger partial charge in [-0.05, 0) is 166 Å². The van der Waals surface area contributed by atoms with Gasteiger partial charge in [0.1, 0.15) is 0 Å². The molecule has 0 unspecified atom stereocenters. The topological polar surface area (TPSA) is 106 Å². The zero-order valence-electron chi connectivity index (χ0n) is 46.0. The first-order valence-electron chi connectivity index (χ1n) is 29.0. The molecule has 10 heteroatoms. The molecule has 10 nitrogen and oxygen atoms in total. The molecule has 0 aromatic carbocycles. The molecule has 1 aromatic rings. The molecule has 71 heavy (non-hydrogen) atoms. The molecule has 1 heterocycles. The van der Waals surface area contributed by atoms with Gasteiger partial charge in [0.25, 0.3) is 0 Å². The first-order valence-corrected chi connectivity index (χ1v) is 29.0. The van der Waals surface area contributed by atoms with E-state index in [0.717, 1.165) is 167 Å². The van der Waals surface area contributed by atoms with Gasteiger partial charge in [0, 0.05) is 58.2 Å². The highest BCUT2D eigenvalue weighted by Crippen LogP contribution is 2.14. The van der Waals surface area contributed by atoms with Crippen LogP contribution in [0, 0.1) is 0 Å². The van der Waals surface area contributed by atoms with Crippen molar-refractivity contribution in [2.45, 2.75) is 239 Å². The number of carbonyl (C=O) groups excluding carboxylic acids is 2. The molecule has 0 saturated carbocycles. The van der Waals surface area contributed by atoms with Crippen molar-refractivity contribution in [3.63, 3.8) is 0 Å². The summed E-state index contributed by atoms with van der Waals surface area (Å²) >= 11 is 0. The summed E-state index contributed by atoms with van der Waals surface area (Å²) in [5.74, 6) is -0.322. The SMILES string of the molecule is CC/C=C\CCCCOC(CCC(=O)OCCCCCCCN(CCCCCCCOC(=O)CCC(OCCCC/C=C\CC)OCCCC/C=C\CC)CCc1ccncc1)OCCCC/C=C\CC. The average molecular weight is 996 g/mol. The number of carbonyl (C=O) groups is 2. The molecule has 0 aliphatic carbocycles. The van der Waals surface area contributed by atoms with E-state index in [9.17, 15) is 9.59 Å². The summed E-state index contributed by atoms with van der Waals surface area (Å²) < 4.78 is 35.6. The number of hydrogen-bond acceptors (Lipinski definition) is 10. The predicted octanol–water partition coefficient (Wildman–Crippen LogP) is 15.7. The maximum Gasteiger partial charge on any atom is 0.305 e. The summed E-state index contributed by atoms with van der Waals surface area (Å²) in [6.07, 6.45) is 51.4. The smallest absolute Gasteiger partial charge is 0.305 e. The molecule has 0 fully saturated rings. The van der Waals surface area contributed by atoms with Gasteiger partial charge in [-0.1, -0.05) is 115 Å². The summed E-state index contributed by atoms with van der Waals surface area (Å²) in [7, 11) is 0. The third kappa shape index (κ3) is 46.4. The zero-order valence-corrected chi connectivity index (χ0v) is 46.0. The van der Waals surface area contributed by atoms with Gasteiger partial charge in [-0.25, -0.2) is 0 Å². The van der Waals surface area contributed by atoms with Crippen molar-refractivity contribution >= 4 is 11.9 Å². The van der Waals surface area contributed by atoms with E-state index in [0.29, 0.717) is 65.3 Å². The lowest BCUT2D eigenvalue weighted by atomic mass is 10.1. The van der Waals surface area contributed by atoms with E-state index in [2.05, 4.69) is 98.3 Å². The molecule has 1 aromatic heterocycles. The molecular weight excluding hydrogens is 889 g/mol. The molecule has 0 N–H and O–H groups in total. The molecule has 0 aliphatic heterocycles. The van der Waals surface area contributed by atoms with Crippen molar-refractivity contribution < 1.29 is 38.0 Å². The van der Waals surface area contributed by atoms with Gasteiger partial charge in [0.05, 0.1) is 26.1 Å². The Hall–Kier alpha value is -3.15. The van der Waals surface area contributed by atoms with E-state index in [4.69, 9.17) is 28.4 Å². The van der Waals surface area contributed by atoms with Crippen LogP contribution < -0.4 is 0 Å². The first kappa shape index (κ1) is 65.9. The van der Waals surface area contributed by atoms with Crippen LogP contribution in [-0.2, 0) is 44.4 Å². The third-order valence-corrected chi connectivity index (χ3v) is 12.3. The van der Waals surface area contributed by atoms with Crippen LogP contribution in [0.3, 0.4) is 0 Å². The summed E-state index contributed by atoms with van der Waals surface area (Å²) in [5, 5.41) is 0. The van der Waals surface area contributed by atoms with E-state index in [-0.39, 0.29) is 24.5 Å². The van der Waals surface area contributed by atoms with Crippen LogP contribution in [0.4, 0.5) is 0 Å². The van der Waals surface area contributed by atoms with Crippen LogP contribution >= 0.6 is 0 Å². The number of unbranched alkanes of at least 4 members (excludes halogenated alkanes) is 16. The van der Waals surface area contributed by atoms with Gasteiger partial charge in [-0.3, -0.25) is 14.6 Å². The fourth-order valence-corrected chi connectivity index (χ4v) is 7.98. The van der Waals surface area contributed by atoms with Crippen molar-refractivity contribution in [1.29, 1.82) is 0 Å². The molecule has 1 rings (SSSR count). The molecule has 0 bridgehead atoms. The van der Waals surface area contributed by atoms with E-state index < -0.39 is 0 Å². The Morgan fingerprint density at radius 3 is 1.14 bits per heavy atom. The Kier molecular flexibility index (Phi) is 49.3. The number of aromatic nitrogens is 1. The number of allylic oxidation sites excluding steroid dienone is 8. The first-order chi connectivity index (χ1) is 35.0. The largest absolute Gasteiger partial charge is 0.466 e. The molecular formula is C61H106N2O8. The summed E-state index contributed by atoms with van der Waals surface area (Å²) in [6, 6.07) is 4.24. The van der Waals surface area contributed by atoms with Gasteiger partial charge < -0.3 is 33.3 Å². The van der Waals surface area contributed by atoms with E-state index >= 15 is 0 Å². The van der Waals surface area contributed by atoms with Crippen molar-refractivity contribution in [3.05, 3.63) is 78.7 Å². The molecule has 0 atom stereocenters. The van der Waals surface area contributed by atoms with Gasteiger partial charge in [0.2, 0.25) is 0 Å². The van der Waals surface area contributed by atoms with Gasteiger partial charge in [-0.15, -0.1) is 0 Å². The van der Waals surface area contributed by atoms with Gasteiger partial charge in [0.15, 0.2) is 12.6 Å². The van der Waals surface area contributed by atoms with Gasteiger partial charge >= 0.3 is 11.9 Å². The Bertz CT molecular complexity index is 1290. The van der Waals surface area contributed by atoms with Crippen LogP contribution in [0.25, 0.3) is 0 Å². The van der Waals surface area contributed by atoms with Crippen LogP contribution in [-0.4, -0.2) is 93.7 Å². The van der Waals surface area contributed by atoms with Crippen molar-refractivity contribution in [3.8, 4) is 0 Å². The predicted molar refractivity (Wildman–Crippen MR) is 295 cm³/mol. The lowest BCUT2D eigenvalue weighted by Gasteiger charge is -2.22. The second-order valence-electron chi connectivity index (χ2n) is 18.8. The number of rotatable bonds is 53. The average Bonchev–Trinajstić information content (AvgIpc) is 3.38. The summed E-state index contributed by atoms with van der Waals surface area (Å²) in [4.78, 5) is 32.1. The minimum Gasteiger partial charge on any atom is -0.466 e. The Morgan fingerprint density at radius 2 is 0.775 bits per heavy atom. The van der Waals surface area contributed by atoms with Crippen LogP contribution in [0.1, 0.15) is 226 Å². The molecule has 0 amide bonds. The number of ether oxygens (including phenoxy) is 6. The molecule has 408 valence electrons. The monoisotopic (exact) mass is 995 g/mol. The quantitative estimate of drug-likeness (QED) is 0.0271. The Morgan fingerprint density at radius 1 is 0.437 bits per heavy atom. The Labute approximate surface area is 435 Å². The highest BCUT2D eigenvalue weighted by Gasteiger charge is 2.15. The van der Waals surface area contributed by atoms with E-state index in [1.807, 2.05) is 12.4 Å². The van der Waals surface area contributed by atoms with Crippen LogP contribution in [0.2, 0.25) is 0 Å². The van der Waals surface area contributed by atoms with E-state index in [1.165, 1.54) is 31.2 Å². The van der Waals surface area contributed by atoms with Crippen molar-refractivity contribution in [2.75, 3.05) is 59.3 Å². The van der Waals surface area contributed by atoms with Crippen molar-refractivity contribution in [1.82, 2.24) is 9.88 Å². The maximum atomic E-state index is 12.6. The molecule has 0 aliphatic rings. The lowest BCUT2D eigenvalue weighted by molar-refractivity contribution is -0.159. The van der Waals surface area contributed by atoms with Crippen molar-refractivity contribution in [2.24, 2.45) is 0 Å². The number of hydrogen-bond donors (Lipinski definition) is 0. The van der Waals surface area contributed by atoms with Crippen LogP contribution in [0.5, 0.6) is 0 Å². The third-order valence-electron chi connectivity index (χ3n) is 12.3.